The zero-order valence-corrected chi connectivity index (χ0v) is 13.7. The molecule has 0 fully saturated rings. The molecule has 0 heterocycles. The number of carbonyl (C=O) groups excluding carboxylic acids is 1. The first-order valence-electron chi connectivity index (χ1n) is 8.04. The third-order valence-electron chi connectivity index (χ3n) is 3.85. The van der Waals surface area contributed by atoms with Crippen molar-refractivity contribution in [3.63, 3.8) is 0 Å². The Morgan fingerprint density at radius 2 is 1.71 bits per heavy atom. The summed E-state index contributed by atoms with van der Waals surface area (Å²) in [6.07, 6.45) is 0.669. The fourth-order valence-electron chi connectivity index (χ4n) is 2.70. The zero-order valence-electron chi connectivity index (χ0n) is 13.7. The highest BCUT2D eigenvalue weighted by Gasteiger charge is 2.06. The highest BCUT2D eigenvalue weighted by molar-refractivity contribution is 5.87. The molecule has 0 aromatic heterocycles. The number of esters is 1. The molecule has 0 unspecified atom stereocenters. The predicted molar refractivity (Wildman–Crippen MR) is 95.1 cm³/mol. The topological polar surface area (TPSA) is 35.5 Å². The minimum absolute atomic E-state index is 0.254. The van der Waals surface area contributed by atoms with Crippen molar-refractivity contribution in [3.05, 3.63) is 77.9 Å². The van der Waals surface area contributed by atoms with Crippen molar-refractivity contribution in [3.8, 4) is 5.75 Å². The van der Waals surface area contributed by atoms with E-state index < -0.39 is 0 Å². The van der Waals surface area contributed by atoms with Gasteiger partial charge in [0.05, 0.1) is 6.61 Å². The van der Waals surface area contributed by atoms with Gasteiger partial charge in [-0.25, -0.2) is 0 Å². The van der Waals surface area contributed by atoms with Gasteiger partial charge in [-0.15, -0.1) is 0 Å². The fourth-order valence-corrected chi connectivity index (χ4v) is 2.70. The normalized spacial score (nSPS) is 10.5. The molecule has 0 aliphatic carbocycles. The van der Waals surface area contributed by atoms with Crippen LogP contribution in [0.2, 0.25) is 0 Å². The van der Waals surface area contributed by atoms with Crippen molar-refractivity contribution in [2.75, 3.05) is 6.61 Å². The monoisotopic (exact) mass is 320 g/mol. The molecule has 0 N–H and O–H groups in total. The fraction of sp³-hybridized carbons (Fsp3) is 0.190. The van der Waals surface area contributed by atoms with Crippen molar-refractivity contribution in [1.29, 1.82) is 0 Å². The molecule has 24 heavy (non-hydrogen) atoms. The molecule has 3 aromatic carbocycles. The van der Waals surface area contributed by atoms with Gasteiger partial charge in [0.15, 0.2) is 0 Å². The SMILES string of the molecule is CC(=O)OCCc1cc(OCc2ccccc2)cc2ccccc12. The molecule has 122 valence electrons. The Hall–Kier alpha value is -2.81. The summed E-state index contributed by atoms with van der Waals surface area (Å²) in [6, 6.07) is 22.4. The lowest BCUT2D eigenvalue weighted by Gasteiger charge is -2.12. The molecule has 3 nitrogen and oxygen atoms in total. The molecule has 0 saturated carbocycles. The lowest BCUT2D eigenvalue weighted by Crippen LogP contribution is -2.04. The second-order valence-corrected chi connectivity index (χ2v) is 5.67. The van der Waals surface area contributed by atoms with Crippen molar-refractivity contribution in [2.24, 2.45) is 0 Å². The summed E-state index contributed by atoms with van der Waals surface area (Å²) in [6.45, 7) is 2.33. The van der Waals surface area contributed by atoms with Crippen LogP contribution in [0.15, 0.2) is 66.7 Å². The number of fused-ring (bicyclic) bond motifs is 1. The van der Waals surface area contributed by atoms with E-state index in [1.165, 1.54) is 6.92 Å². The molecule has 0 aliphatic heterocycles. The summed E-state index contributed by atoms with van der Waals surface area (Å²) in [5.41, 5.74) is 2.25. The Kier molecular flexibility index (Phi) is 5.12. The van der Waals surface area contributed by atoms with Gasteiger partial charge in [-0.1, -0.05) is 54.6 Å². The number of rotatable bonds is 6. The van der Waals surface area contributed by atoms with E-state index in [0.29, 0.717) is 19.6 Å². The van der Waals surface area contributed by atoms with E-state index in [9.17, 15) is 4.79 Å². The Balaban J connectivity index is 1.81. The maximum atomic E-state index is 11.0. The van der Waals surface area contributed by atoms with Crippen LogP contribution in [-0.2, 0) is 22.6 Å². The molecule has 0 amide bonds. The largest absolute Gasteiger partial charge is 0.489 e. The summed E-state index contributed by atoms with van der Waals surface area (Å²) in [4.78, 5) is 11.0. The summed E-state index contributed by atoms with van der Waals surface area (Å²) >= 11 is 0. The molecule has 3 rings (SSSR count). The van der Waals surface area contributed by atoms with Gasteiger partial charge < -0.3 is 9.47 Å². The van der Waals surface area contributed by atoms with Crippen molar-refractivity contribution < 1.29 is 14.3 Å². The highest BCUT2D eigenvalue weighted by atomic mass is 16.5. The molecular formula is C21H20O3. The van der Waals surface area contributed by atoms with E-state index >= 15 is 0 Å². The quantitative estimate of drug-likeness (QED) is 0.626. The second-order valence-electron chi connectivity index (χ2n) is 5.67. The van der Waals surface area contributed by atoms with Gasteiger partial charge in [-0.3, -0.25) is 4.79 Å². The Morgan fingerprint density at radius 3 is 2.50 bits per heavy atom. The number of benzene rings is 3. The van der Waals surface area contributed by atoms with Gasteiger partial charge in [0.1, 0.15) is 12.4 Å². The molecule has 3 aromatic rings. The Morgan fingerprint density at radius 1 is 0.958 bits per heavy atom. The molecule has 0 aliphatic rings. The van der Waals surface area contributed by atoms with Gasteiger partial charge in [-0.2, -0.15) is 0 Å². The summed E-state index contributed by atoms with van der Waals surface area (Å²) < 4.78 is 11.0. The van der Waals surface area contributed by atoms with Crippen LogP contribution in [-0.4, -0.2) is 12.6 Å². The number of ether oxygens (including phenoxy) is 2. The maximum absolute atomic E-state index is 11.0. The van der Waals surface area contributed by atoms with Gasteiger partial charge >= 0.3 is 5.97 Å². The van der Waals surface area contributed by atoms with E-state index in [0.717, 1.165) is 27.6 Å². The van der Waals surface area contributed by atoms with Gasteiger partial charge in [0.2, 0.25) is 0 Å². The molecule has 0 radical (unpaired) electrons. The predicted octanol–water partition coefficient (Wildman–Crippen LogP) is 4.52. The smallest absolute Gasteiger partial charge is 0.302 e. The first-order chi connectivity index (χ1) is 11.7. The van der Waals surface area contributed by atoms with Gasteiger partial charge in [0.25, 0.3) is 0 Å². The van der Waals surface area contributed by atoms with Crippen LogP contribution in [0.4, 0.5) is 0 Å². The molecular weight excluding hydrogens is 300 g/mol. The third kappa shape index (κ3) is 4.13. The van der Waals surface area contributed by atoms with Crippen LogP contribution < -0.4 is 4.74 Å². The number of hydrogen-bond donors (Lipinski definition) is 0. The average molecular weight is 320 g/mol. The van der Waals surface area contributed by atoms with E-state index in [4.69, 9.17) is 9.47 Å². The number of hydrogen-bond acceptors (Lipinski definition) is 3. The molecule has 0 atom stereocenters. The van der Waals surface area contributed by atoms with Crippen LogP contribution in [0.1, 0.15) is 18.1 Å². The summed E-state index contributed by atoms with van der Waals surface area (Å²) in [5.74, 6) is 0.575. The van der Waals surface area contributed by atoms with E-state index in [2.05, 4.69) is 12.1 Å². The third-order valence-corrected chi connectivity index (χ3v) is 3.85. The molecule has 3 heteroatoms. The lowest BCUT2D eigenvalue weighted by molar-refractivity contribution is -0.140. The van der Waals surface area contributed by atoms with Gasteiger partial charge in [0, 0.05) is 13.3 Å². The van der Waals surface area contributed by atoms with Crippen LogP contribution >= 0.6 is 0 Å². The van der Waals surface area contributed by atoms with Crippen LogP contribution in [0.25, 0.3) is 10.8 Å². The molecule has 0 bridgehead atoms. The van der Waals surface area contributed by atoms with E-state index in [-0.39, 0.29) is 5.97 Å². The first kappa shape index (κ1) is 16.1. The van der Waals surface area contributed by atoms with E-state index in [1.54, 1.807) is 0 Å². The van der Waals surface area contributed by atoms with Crippen LogP contribution in [0.3, 0.4) is 0 Å². The highest BCUT2D eigenvalue weighted by Crippen LogP contribution is 2.26. The minimum atomic E-state index is -0.254. The average Bonchev–Trinajstić information content (AvgIpc) is 2.60. The van der Waals surface area contributed by atoms with Crippen molar-refractivity contribution >= 4 is 16.7 Å². The second kappa shape index (κ2) is 7.64. The standard InChI is InChI=1S/C21H20O3/c1-16(22)23-12-11-19-14-20(13-18-9-5-6-10-21(18)19)24-15-17-7-3-2-4-8-17/h2-10,13-14H,11-12,15H2,1H3. The Bertz CT molecular complexity index is 825. The maximum Gasteiger partial charge on any atom is 0.302 e. The van der Waals surface area contributed by atoms with Crippen LogP contribution in [0.5, 0.6) is 5.75 Å². The minimum Gasteiger partial charge on any atom is -0.489 e. The summed E-state index contributed by atoms with van der Waals surface area (Å²) in [7, 11) is 0. The molecule has 0 spiro atoms. The Labute approximate surface area is 141 Å². The molecule has 0 saturated heterocycles. The lowest BCUT2D eigenvalue weighted by atomic mass is 10.0. The number of carbonyl (C=O) groups is 1. The van der Waals surface area contributed by atoms with Gasteiger partial charge in [-0.05, 0) is 34.0 Å². The first-order valence-corrected chi connectivity index (χ1v) is 8.04. The van der Waals surface area contributed by atoms with Crippen LogP contribution in [0, 0.1) is 0 Å². The van der Waals surface area contributed by atoms with Crippen molar-refractivity contribution in [2.45, 2.75) is 20.0 Å². The van der Waals surface area contributed by atoms with Crippen molar-refractivity contribution in [1.82, 2.24) is 0 Å². The van der Waals surface area contributed by atoms with E-state index in [1.807, 2.05) is 54.6 Å². The summed E-state index contributed by atoms with van der Waals surface area (Å²) in [5, 5.41) is 2.29. The zero-order chi connectivity index (χ0) is 16.8.